The first-order valence-electron chi connectivity index (χ1n) is 12.5. The minimum atomic E-state index is -0.291. The Labute approximate surface area is 252 Å². The predicted molar refractivity (Wildman–Crippen MR) is 161 cm³/mol. The Balaban J connectivity index is 1.43. The Morgan fingerprint density at radius 1 is 0.854 bits per heavy atom. The number of hydrogen-bond acceptors (Lipinski definition) is 8. The van der Waals surface area contributed by atoms with E-state index in [1.165, 1.54) is 17.4 Å². The van der Waals surface area contributed by atoms with Crippen LogP contribution in [0.5, 0.6) is 17.2 Å². The van der Waals surface area contributed by atoms with Gasteiger partial charge in [0.2, 0.25) is 11.0 Å². The molecule has 0 spiro atoms. The lowest BCUT2D eigenvalue weighted by molar-refractivity contribution is -0.116. The number of benzene rings is 3. The van der Waals surface area contributed by atoms with E-state index in [1.54, 1.807) is 38.4 Å². The fourth-order valence-electron chi connectivity index (χ4n) is 3.97. The number of halogens is 2. The van der Waals surface area contributed by atoms with Crippen LogP contribution >= 0.6 is 34.5 Å². The number of methoxy groups -OCH3 is 3. The van der Waals surface area contributed by atoms with Gasteiger partial charge in [-0.15, -0.1) is 10.2 Å². The van der Waals surface area contributed by atoms with E-state index in [0.29, 0.717) is 45.2 Å². The maximum atomic E-state index is 13.4. The molecule has 0 bridgehead atoms. The first-order chi connectivity index (χ1) is 19.8. The highest BCUT2D eigenvalue weighted by Gasteiger charge is 2.19. The van der Waals surface area contributed by atoms with Gasteiger partial charge in [-0.3, -0.25) is 9.59 Å². The van der Waals surface area contributed by atoms with Crippen LogP contribution in [0.3, 0.4) is 0 Å². The summed E-state index contributed by atoms with van der Waals surface area (Å²) in [5.41, 5.74) is 2.18. The summed E-state index contributed by atoms with van der Waals surface area (Å²) in [6, 6.07) is 17.7. The number of rotatable bonds is 12. The molecule has 41 heavy (non-hydrogen) atoms. The lowest BCUT2D eigenvalue weighted by Gasteiger charge is -2.23. The molecule has 0 aliphatic rings. The molecular weight excluding hydrogens is 587 g/mol. The summed E-state index contributed by atoms with van der Waals surface area (Å²) >= 11 is 13.5. The second kappa shape index (κ2) is 14.2. The van der Waals surface area contributed by atoms with Crippen molar-refractivity contribution in [3.05, 3.63) is 81.8 Å². The number of nitrogens with one attached hydrogen (secondary N) is 1. The van der Waals surface area contributed by atoms with Crippen LogP contribution in [-0.2, 0) is 11.2 Å². The average Bonchev–Trinajstić information content (AvgIpc) is 3.46. The molecule has 0 aliphatic carbocycles. The van der Waals surface area contributed by atoms with Crippen molar-refractivity contribution >= 4 is 51.5 Å². The van der Waals surface area contributed by atoms with Gasteiger partial charge in [-0.25, -0.2) is 0 Å². The van der Waals surface area contributed by atoms with E-state index >= 15 is 0 Å². The number of amides is 2. The predicted octanol–water partition coefficient (Wildman–Crippen LogP) is 6.25. The number of aromatic nitrogens is 2. The fourth-order valence-corrected chi connectivity index (χ4v) is 5.03. The van der Waals surface area contributed by atoms with E-state index in [1.807, 2.05) is 42.5 Å². The summed E-state index contributed by atoms with van der Waals surface area (Å²) in [6.45, 7) is 0.518. The molecular formula is C29H28Cl2N4O5S. The normalized spacial score (nSPS) is 10.7. The first kappa shape index (κ1) is 30.1. The number of carbonyl (C=O) groups excluding carboxylic acids is 2. The van der Waals surface area contributed by atoms with Gasteiger partial charge in [-0.05, 0) is 66.6 Å². The Hall–Kier alpha value is -3.86. The maximum absolute atomic E-state index is 13.4. The fraction of sp³-hybridized carbons (Fsp3) is 0.241. The molecule has 1 N–H and O–H groups in total. The van der Waals surface area contributed by atoms with E-state index in [2.05, 4.69) is 15.5 Å². The molecule has 0 saturated carbocycles. The second-order valence-electron chi connectivity index (χ2n) is 8.80. The molecule has 0 atom stereocenters. The SMILES string of the molecule is COc1ccc(-c2nnc(NC(=O)CCN(CCc3ccc(OC)c(OC)c3)C(=O)c3ccc(Cl)c(Cl)c3)s2)cc1. The molecule has 4 rings (SSSR count). The van der Waals surface area contributed by atoms with Crippen LogP contribution in [0.4, 0.5) is 5.13 Å². The van der Waals surface area contributed by atoms with Gasteiger partial charge in [0.25, 0.3) is 5.91 Å². The zero-order valence-corrected chi connectivity index (χ0v) is 25.0. The number of anilines is 1. The van der Waals surface area contributed by atoms with Gasteiger partial charge in [-0.1, -0.05) is 40.6 Å². The number of ether oxygens (including phenoxy) is 3. The molecule has 1 heterocycles. The van der Waals surface area contributed by atoms with Gasteiger partial charge in [-0.2, -0.15) is 0 Å². The van der Waals surface area contributed by atoms with Crippen molar-refractivity contribution in [1.29, 1.82) is 0 Å². The lowest BCUT2D eigenvalue weighted by Crippen LogP contribution is -2.35. The summed E-state index contributed by atoms with van der Waals surface area (Å²) < 4.78 is 15.9. The Kier molecular flexibility index (Phi) is 10.4. The monoisotopic (exact) mass is 614 g/mol. The molecule has 1 aromatic heterocycles. The molecule has 2 amide bonds. The highest BCUT2D eigenvalue weighted by Crippen LogP contribution is 2.29. The van der Waals surface area contributed by atoms with Crippen LogP contribution in [0.25, 0.3) is 10.6 Å². The van der Waals surface area contributed by atoms with Crippen LogP contribution in [-0.4, -0.2) is 61.3 Å². The van der Waals surface area contributed by atoms with Crippen LogP contribution in [0, 0.1) is 0 Å². The smallest absolute Gasteiger partial charge is 0.253 e. The zero-order valence-electron chi connectivity index (χ0n) is 22.6. The van der Waals surface area contributed by atoms with E-state index in [-0.39, 0.29) is 29.8 Å². The van der Waals surface area contributed by atoms with Gasteiger partial charge < -0.3 is 24.4 Å². The molecule has 214 valence electrons. The Morgan fingerprint density at radius 2 is 1.61 bits per heavy atom. The summed E-state index contributed by atoms with van der Waals surface area (Å²) in [7, 11) is 4.74. The molecule has 4 aromatic rings. The van der Waals surface area contributed by atoms with Crippen LogP contribution < -0.4 is 19.5 Å². The van der Waals surface area contributed by atoms with E-state index in [9.17, 15) is 9.59 Å². The second-order valence-corrected chi connectivity index (χ2v) is 10.6. The zero-order chi connectivity index (χ0) is 29.4. The maximum Gasteiger partial charge on any atom is 0.253 e. The van der Waals surface area contributed by atoms with Gasteiger partial charge >= 0.3 is 0 Å². The topological polar surface area (TPSA) is 103 Å². The van der Waals surface area contributed by atoms with E-state index in [4.69, 9.17) is 37.4 Å². The van der Waals surface area contributed by atoms with E-state index in [0.717, 1.165) is 16.9 Å². The summed E-state index contributed by atoms with van der Waals surface area (Å²) in [5.74, 6) is 1.38. The molecule has 9 nitrogen and oxygen atoms in total. The minimum Gasteiger partial charge on any atom is -0.497 e. The Bertz CT molecular complexity index is 1510. The summed E-state index contributed by atoms with van der Waals surface area (Å²) in [4.78, 5) is 27.9. The van der Waals surface area contributed by atoms with Crippen LogP contribution in [0.2, 0.25) is 10.0 Å². The van der Waals surface area contributed by atoms with Crippen molar-refractivity contribution in [3.8, 4) is 27.8 Å². The summed E-state index contributed by atoms with van der Waals surface area (Å²) in [6.07, 6.45) is 0.576. The average molecular weight is 616 g/mol. The molecule has 0 radical (unpaired) electrons. The van der Waals surface area contributed by atoms with Crippen molar-refractivity contribution in [2.75, 3.05) is 39.7 Å². The van der Waals surface area contributed by atoms with Crippen LogP contribution in [0.1, 0.15) is 22.3 Å². The van der Waals surface area contributed by atoms with Crippen molar-refractivity contribution in [2.45, 2.75) is 12.8 Å². The van der Waals surface area contributed by atoms with Crippen molar-refractivity contribution in [3.63, 3.8) is 0 Å². The molecule has 3 aromatic carbocycles. The first-order valence-corrected chi connectivity index (χ1v) is 14.1. The van der Waals surface area contributed by atoms with Crippen molar-refractivity contribution < 1.29 is 23.8 Å². The van der Waals surface area contributed by atoms with Gasteiger partial charge in [0.1, 0.15) is 10.8 Å². The number of hydrogen-bond donors (Lipinski definition) is 1. The van der Waals surface area contributed by atoms with Crippen molar-refractivity contribution in [2.24, 2.45) is 0 Å². The minimum absolute atomic E-state index is 0.0520. The molecule has 0 aliphatic heterocycles. The van der Waals surface area contributed by atoms with Gasteiger partial charge in [0.05, 0.1) is 31.4 Å². The van der Waals surface area contributed by atoms with Gasteiger partial charge in [0.15, 0.2) is 11.5 Å². The number of carbonyl (C=O) groups is 2. The van der Waals surface area contributed by atoms with Crippen molar-refractivity contribution in [1.82, 2.24) is 15.1 Å². The largest absolute Gasteiger partial charge is 0.497 e. The Morgan fingerprint density at radius 3 is 2.29 bits per heavy atom. The quantitative estimate of drug-likeness (QED) is 0.201. The third-order valence-corrected chi connectivity index (χ3v) is 7.82. The molecule has 0 unspecified atom stereocenters. The standard InChI is InChI=1S/C29H28Cl2N4O5S/c1-38-21-8-5-19(6-9-21)27-33-34-29(41-27)32-26(36)13-15-35(28(37)20-7-10-22(30)23(31)17-20)14-12-18-4-11-24(39-2)25(16-18)40-3/h4-11,16-17H,12-15H2,1-3H3,(H,32,34,36). The van der Waals surface area contributed by atoms with Crippen LogP contribution in [0.15, 0.2) is 60.7 Å². The third-order valence-electron chi connectivity index (χ3n) is 6.19. The lowest BCUT2D eigenvalue weighted by atomic mass is 10.1. The van der Waals surface area contributed by atoms with E-state index < -0.39 is 0 Å². The summed E-state index contributed by atoms with van der Waals surface area (Å²) in [5, 5.41) is 12.7. The molecule has 12 heteroatoms. The molecule has 0 saturated heterocycles. The molecule has 0 fully saturated rings. The highest BCUT2D eigenvalue weighted by molar-refractivity contribution is 7.18. The number of nitrogens with zero attached hydrogens (tertiary/aromatic N) is 3. The third kappa shape index (κ3) is 7.87. The van der Waals surface area contributed by atoms with Gasteiger partial charge in [0, 0.05) is 30.6 Å². The highest BCUT2D eigenvalue weighted by atomic mass is 35.5.